The highest BCUT2D eigenvalue weighted by Crippen LogP contribution is 2.25. The Morgan fingerprint density at radius 3 is 2.30 bits per heavy atom. The second-order valence-electron chi connectivity index (χ2n) is 4.14. The largest absolute Gasteiger partial charge is 0.340 e. The molecule has 0 amide bonds. The number of nitrogens with zero attached hydrogens (tertiary/aromatic N) is 2. The Balaban J connectivity index is 2.42. The van der Waals surface area contributed by atoms with E-state index in [0.29, 0.717) is 23.6 Å². The van der Waals surface area contributed by atoms with Crippen LogP contribution in [-0.2, 0) is 6.42 Å². The van der Waals surface area contributed by atoms with Crippen molar-refractivity contribution >= 4 is 23.1 Å². The molecule has 0 spiro atoms. The van der Waals surface area contributed by atoms with Crippen LogP contribution in [0.15, 0.2) is 12.1 Å². The van der Waals surface area contributed by atoms with Crippen molar-refractivity contribution in [2.45, 2.75) is 20.3 Å². The average Bonchev–Trinajstić information content (AvgIpc) is 2.40. The van der Waals surface area contributed by atoms with Gasteiger partial charge in [0, 0.05) is 29.8 Å². The molecular formula is C13H11ClF3N3. The lowest BCUT2D eigenvalue weighted by Crippen LogP contribution is -2.04. The molecule has 0 radical (unpaired) electrons. The lowest BCUT2D eigenvalue weighted by Gasteiger charge is -2.11. The van der Waals surface area contributed by atoms with Gasteiger partial charge in [-0.1, -0.05) is 18.5 Å². The summed E-state index contributed by atoms with van der Waals surface area (Å²) in [5.41, 5.74) is 0.579. The van der Waals surface area contributed by atoms with Crippen LogP contribution in [0.3, 0.4) is 0 Å². The summed E-state index contributed by atoms with van der Waals surface area (Å²) in [5, 5.41) is 2.97. The van der Waals surface area contributed by atoms with Gasteiger partial charge in [0.2, 0.25) is 0 Å². The van der Waals surface area contributed by atoms with Crippen LogP contribution in [0, 0.1) is 24.4 Å². The normalized spacial score (nSPS) is 10.7. The van der Waals surface area contributed by atoms with Crippen molar-refractivity contribution in [3.8, 4) is 0 Å². The van der Waals surface area contributed by atoms with E-state index in [1.54, 1.807) is 6.92 Å². The fourth-order valence-corrected chi connectivity index (χ4v) is 1.76. The third-order valence-corrected chi connectivity index (χ3v) is 3.06. The predicted molar refractivity (Wildman–Crippen MR) is 70.8 cm³/mol. The standard InChI is InChI=1S/C13H11ClF3N3/c1-3-10-19-12(14)6(2)13(20-10)18-7-4-8(15)11(17)9(16)5-7/h4-5H,3H2,1-2H3,(H,18,19,20). The first kappa shape index (κ1) is 14.6. The molecule has 106 valence electrons. The molecule has 20 heavy (non-hydrogen) atoms. The summed E-state index contributed by atoms with van der Waals surface area (Å²) >= 11 is 5.95. The Morgan fingerprint density at radius 2 is 1.75 bits per heavy atom. The highest BCUT2D eigenvalue weighted by atomic mass is 35.5. The Morgan fingerprint density at radius 1 is 1.15 bits per heavy atom. The number of anilines is 2. The third kappa shape index (κ3) is 2.85. The molecule has 3 nitrogen and oxygen atoms in total. The summed E-state index contributed by atoms with van der Waals surface area (Å²) in [4.78, 5) is 8.23. The van der Waals surface area contributed by atoms with Crippen molar-refractivity contribution in [1.82, 2.24) is 9.97 Å². The summed E-state index contributed by atoms with van der Waals surface area (Å²) in [6, 6.07) is 1.69. The lowest BCUT2D eigenvalue weighted by molar-refractivity contribution is 0.448. The fraction of sp³-hybridized carbons (Fsp3) is 0.231. The Bertz CT molecular complexity index is 639. The van der Waals surface area contributed by atoms with Gasteiger partial charge in [0.15, 0.2) is 17.5 Å². The highest BCUT2D eigenvalue weighted by molar-refractivity contribution is 6.30. The second kappa shape index (κ2) is 5.66. The van der Waals surface area contributed by atoms with Crippen LogP contribution in [0.5, 0.6) is 0 Å². The first-order valence-corrected chi connectivity index (χ1v) is 6.24. The van der Waals surface area contributed by atoms with Gasteiger partial charge in [-0.05, 0) is 6.92 Å². The van der Waals surface area contributed by atoms with Crippen LogP contribution in [0.1, 0.15) is 18.3 Å². The molecule has 0 aliphatic heterocycles. The lowest BCUT2D eigenvalue weighted by atomic mass is 10.2. The zero-order valence-corrected chi connectivity index (χ0v) is 11.5. The molecule has 1 heterocycles. The number of rotatable bonds is 3. The van der Waals surface area contributed by atoms with Gasteiger partial charge < -0.3 is 5.32 Å². The minimum atomic E-state index is -1.51. The number of nitrogens with one attached hydrogen (secondary N) is 1. The number of hydrogen-bond acceptors (Lipinski definition) is 3. The van der Waals surface area contributed by atoms with Gasteiger partial charge in [-0.3, -0.25) is 0 Å². The number of halogens is 4. The van der Waals surface area contributed by atoms with Crippen LogP contribution in [0.4, 0.5) is 24.7 Å². The van der Waals surface area contributed by atoms with Crippen LogP contribution >= 0.6 is 11.6 Å². The van der Waals surface area contributed by atoms with Crippen LogP contribution in [-0.4, -0.2) is 9.97 Å². The molecule has 1 aromatic heterocycles. The molecule has 1 aromatic carbocycles. The smallest absolute Gasteiger partial charge is 0.194 e. The third-order valence-electron chi connectivity index (χ3n) is 2.70. The maximum atomic E-state index is 13.2. The van der Waals surface area contributed by atoms with E-state index in [-0.39, 0.29) is 10.8 Å². The molecule has 1 N–H and O–H groups in total. The average molecular weight is 302 g/mol. The van der Waals surface area contributed by atoms with Gasteiger partial charge in [0.05, 0.1) is 0 Å². The first-order valence-electron chi connectivity index (χ1n) is 5.87. The van der Waals surface area contributed by atoms with E-state index in [9.17, 15) is 13.2 Å². The molecule has 0 saturated heterocycles. The highest BCUT2D eigenvalue weighted by Gasteiger charge is 2.13. The van der Waals surface area contributed by atoms with Crippen molar-refractivity contribution in [2.75, 3.05) is 5.32 Å². The quantitative estimate of drug-likeness (QED) is 0.683. The topological polar surface area (TPSA) is 37.8 Å². The molecular weight excluding hydrogens is 291 g/mol. The van der Waals surface area contributed by atoms with E-state index in [1.807, 2.05) is 6.92 Å². The van der Waals surface area contributed by atoms with Crippen molar-refractivity contribution in [3.05, 3.63) is 46.1 Å². The molecule has 2 rings (SSSR count). The SMILES string of the molecule is CCc1nc(Cl)c(C)c(Nc2cc(F)c(F)c(F)c2)n1. The summed E-state index contributed by atoms with van der Waals surface area (Å²) in [5.74, 6) is -3.25. The minimum Gasteiger partial charge on any atom is -0.340 e. The summed E-state index contributed by atoms with van der Waals surface area (Å²) < 4.78 is 39.2. The zero-order valence-electron chi connectivity index (χ0n) is 10.8. The molecule has 0 fully saturated rings. The Hall–Kier alpha value is -1.82. The van der Waals surface area contributed by atoms with Crippen molar-refractivity contribution < 1.29 is 13.2 Å². The van der Waals surface area contributed by atoms with Gasteiger partial charge in [-0.15, -0.1) is 0 Å². The van der Waals surface area contributed by atoms with E-state index < -0.39 is 17.5 Å². The molecule has 2 aromatic rings. The van der Waals surface area contributed by atoms with Crippen LogP contribution in [0.25, 0.3) is 0 Å². The van der Waals surface area contributed by atoms with Gasteiger partial charge in [0.1, 0.15) is 16.8 Å². The number of aryl methyl sites for hydroxylation is 1. The Kier molecular flexibility index (Phi) is 4.13. The number of aromatic nitrogens is 2. The monoisotopic (exact) mass is 301 g/mol. The fourth-order valence-electron chi connectivity index (χ4n) is 1.58. The summed E-state index contributed by atoms with van der Waals surface area (Å²) in [7, 11) is 0. The molecule has 0 atom stereocenters. The predicted octanol–water partition coefficient (Wildman–Crippen LogP) is 4.16. The zero-order chi connectivity index (χ0) is 14.9. The molecule has 0 unspecified atom stereocenters. The number of hydrogen-bond donors (Lipinski definition) is 1. The van der Waals surface area contributed by atoms with Gasteiger partial charge in [-0.2, -0.15) is 0 Å². The molecule has 0 aliphatic carbocycles. The van der Waals surface area contributed by atoms with Gasteiger partial charge in [-0.25, -0.2) is 23.1 Å². The van der Waals surface area contributed by atoms with Crippen LogP contribution < -0.4 is 5.32 Å². The molecule has 0 saturated carbocycles. The van der Waals surface area contributed by atoms with E-state index >= 15 is 0 Å². The number of benzene rings is 1. The van der Waals surface area contributed by atoms with Crippen molar-refractivity contribution in [3.63, 3.8) is 0 Å². The first-order chi connectivity index (χ1) is 9.42. The van der Waals surface area contributed by atoms with Crippen molar-refractivity contribution in [1.29, 1.82) is 0 Å². The van der Waals surface area contributed by atoms with E-state index in [0.717, 1.165) is 12.1 Å². The summed E-state index contributed by atoms with van der Waals surface area (Å²) in [6.45, 7) is 3.52. The van der Waals surface area contributed by atoms with E-state index in [1.165, 1.54) is 0 Å². The second-order valence-corrected chi connectivity index (χ2v) is 4.49. The molecule has 0 aliphatic rings. The van der Waals surface area contributed by atoms with E-state index in [4.69, 9.17) is 11.6 Å². The van der Waals surface area contributed by atoms with Gasteiger partial charge >= 0.3 is 0 Å². The maximum Gasteiger partial charge on any atom is 0.194 e. The molecule has 7 heteroatoms. The van der Waals surface area contributed by atoms with Crippen molar-refractivity contribution in [2.24, 2.45) is 0 Å². The minimum absolute atomic E-state index is 0.0429. The van der Waals surface area contributed by atoms with Crippen LogP contribution in [0.2, 0.25) is 5.15 Å². The Labute approximate surface area is 118 Å². The summed E-state index contributed by atoms with van der Waals surface area (Å²) in [6.07, 6.45) is 0.556. The molecule has 0 bridgehead atoms. The van der Waals surface area contributed by atoms with Gasteiger partial charge in [0.25, 0.3) is 0 Å². The maximum absolute atomic E-state index is 13.2. The van der Waals surface area contributed by atoms with E-state index in [2.05, 4.69) is 15.3 Å².